The second-order valence-corrected chi connectivity index (χ2v) is 3.22. The van der Waals surface area contributed by atoms with Crippen LogP contribution in [0.3, 0.4) is 0 Å². The van der Waals surface area contributed by atoms with Gasteiger partial charge in [-0.3, -0.25) is 0 Å². The van der Waals surface area contributed by atoms with Gasteiger partial charge >= 0.3 is 11.9 Å². The van der Waals surface area contributed by atoms with E-state index < -0.39 is 11.9 Å². The van der Waals surface area contributed by atoms with Crippen LogP contribution >= 0.6 is 15.9 Å². The van der Waals surface area contributed by atoms with Crippen LogP contribution in [-0.2, 0) is 5.33 Å². The fourth-order valence-electron chi connectivity index (χ4n) is 1.02. The van der Waals surface area contributed by atoms with Gasteiger partial charge in [0, 0.05) is 5.33 Å². The molecule has 0 aliphatic heterocycles. The largest absolute Gasteiger partial charge is 0.478 e. The van der Waals surface area contributed by atoms with Gasteiger partial charge in [0.1, 0.15) is 0 Å². The van der Waals surface area contributed by atoms with Crippen LogP contribution in [0.5, 0.6) is 0 Å². The molecule has 0 amide bonds. The van der Waals surface area contributed by atoms with E-state index in [1.54, 1.807) is 0 Å². The molecule has 0 aliphatic carbocycles. The third kappa shape index (κ3) is 2.32. The molecular weight excluding hydrogens is 252 g/mol. The van der Waals surface area contributed by atoms with Gasteiger partial charge in [-0.25, -0.2) is 9.59 Å². The molecule has 0 aliphatic rings. The van der Waals surface area contributed by atoms with E-state index in [-0.39, 0.29) is 11.1 Å². The number of carboxylic acid groups (broad SMARTS) is 2. The van der Waals surface area contributed by atoms with Gasteiger partial charge in [0.15, 0.2) is 0 Å². The number of hydrogen-bond acceptors (Lipinski definition) is 2. The Morgan fingerprint density at radius 1 is 1.07 bits per heavy atom. The Morgan fingerprint density at radius 3 is 1.79 bits per heavy atom. The summed E-state index contributed by atoms with van der Waals surface area (Å²) in [6.45, 7) is 0. The summed E-state index contributed by atoms with van der Waals surface area (Å²) in [5.41, 5.74) is 0.598. The smallest absolute Gasteiger partial charge is 0.335 e. The van der Waals surface area contributed by atoms with Crippen molar-refractivity contribution in [3.63, 3.8) is 0 Å². The standard InChI is InChI=1S/C9H7BrO4/c10-4-5-1-6(8(11)12)3-7(2-5)9(13)14/h1-3H,4H2,(H,11,12)(H,13,14). The van der Waals surface area contributed by atoms with E-state index in [1.807, 2.05) is 0 Å². The number of benzene rings is 1. The zero-order chi connectivity index (χ0) is 10.7. The molecule has 0 aromatic heterocycles. The number of rotatable bonds is 3. The quantitative estimate of drug-likeness (QED) is 0.814. The molecule has 14 heavy (non-hydrogen) atoms. The lowest BCUT2D eigenvalue weighted by Gasteiger charge is -2.01. The van der Waals surface area contributed by atoms with Crippen LogP contribution in [0.4, 0.5) is 0 Å². The minimum atomic E-state index is -1.13. The van der Waals surface area contributed by atoms with Crippen LogP contribution in [0.15, 0.2) is 18.2 Å². The first kappa shape index (κ1) is 10.7. The van der Waals surface area contributed by atoms with Crippen LogP contribution in [0.2, 0.25) is 0 Å². The lowest BCUT2D eigenvalue weighted by molar-refractivity contribution is 0.0696. The molecule has 0 bridgehead atoms. The Bertz CT molecular complexity index is 354. The number of halogens is 1. The van der Waals surface area contributed by atoms with Crippen LogP contribution in [0, 0.1) is 0 Å². The molecule has 1 aromatic carbocycles. The lowest BCUT2D eigenvalue weighted by atomic mass is 10.1. The molecule has 0 spiro atoms. The first-order valence-corrected chi connectivity index (χ1v) is 4.83. The van der Waals surface area contributed by atoms with Crippen LogP contribution in [0.25, 0.3) is 0 Å². The van der Waals surface area contributed by atoms with Crippen molar-refractivity contribution in [2.45, 2.75) is 5.33 Å². The third-order valence-corrected chi connectivity index (χ3v) is 2.29. The molecular formula is C9H7BrO4. The van der Waals surface area contributed by atoms with Gasteiger partial charge in [0.05, 0.1) is 11.1 Å². The zero-order valence-electron chi connectivity index (χ0n) is 7.03. The monoisotopic (exact) mass is 258 g/mol. The molecule has 0 heterocycles. The summed E-state index contributed by atoms with van der Waals surface area (Å²) in [5, 5.41) is 17.8. The van der Waals surface area contributed by atoms with E-state index in [1.165, 1.54) is 12.1 Å². The predicted octanol–water partition coefficient (Wildman–Crippen LogP) is 1.98. The number of carboxylic acids is 2. The summed E-state index contributed by atoms with van der Waals surface area (Å²) >= 11 is 3.14. The second kappa shape index (κ2) is 4.23. The summed E-state index contributed by atoms with van der Waals surface area (Å²) in [5.74, 6) is -2.26. The molecule has 1 rings (SSSR count). The van der Waals surface area contributed by atoms with Gasteiger partial charge in [-0.15, -0.1) is 0 Å². The van der Waals surface area contributed by atoms with Gasteiger partial charge in [0.25, 0.3) is 0 Å². The summed E-state index contributed by atoms with van der Waals surface area (Å²) in [6.07, 6.45) is 0. The zero-order valence-corrected chi connectivity index (χ0v) is 8.61. The Balaban J connectivity index is 3.27. The second-order valence-electron chi connectivity index (χ2n) is 2.66. The maximum atomic E-state index is 10.6. The average molecular weight is 259 g/mol. The molecule has 1 aromatic rings. The highest BCUT2D eigenvalue weighted by atomic mass is 79.9. The molecule has 4 nitrogen and oxygen atoms in total. The lowest BCUT2D eigenvalue weighted by Crippen LogP contribution is -2.03. The van der Waals surface area contributed by atoms with Crippen molar-refractivity contribution < 1.29 is 19.8 Å². The number of aromatic carboxylic acids is 2. The first-order valence-electron chi connectivity index (χ1n) is 3.71. The van der Waals surface area contributed by atoms with Crippen molar-refractivity contribution in [2.24, 2.45) is 0 Å². The normalized spacial score (nSPS) is 9.79. The molecule has 0 radical (unpaired) electrons. The summed E-state index contributed by atoms with van der Waals surface area (Å²) in [6, 6.07) is 4.00. The van der Waals surface area contributed by atoms with Crippen molar-refractivity contribution in [2.75, 3.05) is 0 Å². The van der Waals surface area contributed by atoms with Crippen LogP contribution < -0.4 is 0 Å². The van der Waals surface area contributed by atoms with Gasteiger partial charge in [0.2, 0.25) is 0 Å². The molecule has 0 saturated heterocycles. The Labute approximate surface area is 88.3 Å². The van der Waals surface area contributed by atoms with E-state index in [0.29, 0.717) is 10.9 Å². The Kier molecular flexibility index (Phi) is 3.24. The Morgan fingerprint density at radius 2 is 1.50 bits per heavy atom. The van der Waals surface area contributed by atoms with E-state index in [9.17, 15) is 9.59 Å². The number of carbonyl (C=O) groups is 2. The summed E-state index contributed by atoms with van der Waals surface area (Å²) in [7, 11) is 0. The number of alkyl halides is 1. The fourth-order valence-corrected chi connectivity index (χ4v) is 1.34. The highest BCUT2D eigenvalue weighted by molar-refractivity contribution is 9.08. The van der Waals surface area contributed by atoms with E-state index in [2.05, 4.69) is 15.9 Å². The third-order valence-electron chi connectivity index (χ3n) is 1.64. The van der Waals surface area contributed by atoms with E-state index in [0.717, 1.165) is 6.07 Å². The van der Waals surface area contributed by atoms with Gasteiger partial charge < -0.3 is 10.2 Å². The van der Waals surface area contributed by atoms with Crippen molar-refractivity contribution in [1.82, 2.24) is 0 Å². The topological polar surface area (TPSA) is 74.6 Å². The van der Waals surface area contributed by atoms with Crippen molar-refractivity contribution in [1.29, 1.82) is 0 Å². The van der Waals surface area contributed by atoms with Gasteiger partial charge in [-0.05, 0) is 23.8 Å². The maximum absolute atomic E-state index is 10.6. The molecule has 0 atom stereocenters. The van der Waals surface area contributed by atoms with Crippen LogP contribution in [0.1, 0.15) is 26.3 Å². The maximum Gasteiger partial charge on any atom is 0.335 e. The summed E-state index contributed by atoms with van der Waals surface area (Å²) < 4.78 is 0. The molecule has 74 valence electrons. The van der Waals surface area contributed by atoms with Crippen LogP contribution in [-0.4, -0.2) is 22.2 Å². The molecule has 0 saturated carbocycles. The molecule has 2 N–H and O–H groups in total. The highest BCUT2D eigenvalue weighted by Crippen LogP contribution is 2.13. The van der Waals surface area contributed by atoms with E-state index in [4.69, 9.17) is 10.2 Å². The number of hydrogen-bond donors (Lipinski definition) is 2. The Hall–Kier alpha value is -1.36. The van der Waals surface area contributed by atoms with Crippen molar-refractivity contribution in [3.8, 4) is 0 Å². The SMILES string of the molecule is O=C(O)c1cc(CBr)cc(C(=O)O)c1. The summed E-state index contributed by atoms with van der Waals surface area (Å²) in [4.78, 5) is 21.3. The van der Waals surface area contributed by atoms with Gasteiger partial charge in [-0.2, -0.15) is 0 Å². The van der Waals surface area contributed by atoms with E-state index >= 15 is 0 Å². The first-order chi connectivity index (χ1) is 6.54. The molecule has 0 fully saturated rings. The van der Waals surface area contributed by atoms with Gasteiger partial charge in [-0.1, -0.05) is 15.9 Å². The molecule has 5 heteroatoms. The van der Waals surface area contributed by atoms with Crippen molar-refractivity contribution >= 4 is 27.9 Å². The average Bonchev–Trinajstić information content (AvgIpc) is 2.16. The minimum Gasteiger partial charge on any atom is -0.478 e. The minimum absolute atomic E-state index is 0.0145. The van der Waals surface area contributed by atoms with Crippen molar-refractivity contribution in [3.05, 3.63) is 34.9 Å². The highest BCUT2D eigenvalue weighted by Gasteiger charge is 2.10. The fraction of sp³-hybridized carbons (Fsp3) is 0.111. The predicted molar refractivity (Wildman–Crippen MR) is 53.0 cm³/mol. The molecule has 0 unspecified atom stereocenters.